The van der Waals surface area contributed by atoms with Crippen molar-refractivity contribution in [1.29, 1.82) is 0 Å². The van der Waals surface area contributed by atoms with Gasteiger partial charge in [-0.3, -0.25) is 4.79 Å². The van der Waals surface area contributed by atoms with Gasteiger partial charge in [-0.1, -0.05) is 11.6 Å². The second kappa shape index (κ2) is 6.54. The molecule has 0 saturated heterocycles. The van der Waals surface area contributed by atoms with Gasteiger partial charge in [-0.25, -0.2) is 4.98 Å². The zero-order chi connectivity index (χ0) is 13.7. The Balaban J connectivity index is 2.33. The van der Waals surface area contributed by atoms with E-state index in [0.29, 0.717) is 30.3 Å². The topological polar surface area (TPSA) is 48.4 Å². The summed E-state index contributed by atoms with van der Waals surface area (Å²) < 4.78 is 10.0. The van der Waals surface area contributed by atoms with Crippen molar-refractivity contribution in [2.24, 2.45) is 0 Å². The van der Waals surface area contributed by atoms with Crippen LogP contribution in [0.2, 0.25) is 5.02 Å². The summed E-state index contributed by atoms with van der Waals surface area (Å²) in [6.07, 6.45) is 0.619. The minimum atomic E-state index is 0.335. The quantitative estimate of drug-likeness (QED) is 0.607. The van der Waals surface area contributed by atoms with E-state index < -0.39 is 0 Å². The van der Waals surface area contributed by atoms with E-state index in [9.17, 15) is 4.79 Å². The van der Waals surface area contributed by atoms with E-state index in [-0.39, 0.29) is 0 Å². The first-order valence-electron chi connectivity index (χ1n) is 5.57. The van der Waals surface area contributed by atoms with Gasteiger partial charge in [0.1, 0.15) is 5.75 Å². The fraction of sp³-hybridized carbons (Fsp3) is 0.231. The number of methoxy groups -OCH3 is 1. The minimum Gasteiger partial charge on any atom is -0.496 e. The number of nitrogens with zero attached hydrogens (tertiary/aromatic N) is 1. The van der Waals surface area contributed by atoms with Crippen molar-refractivity contribution >= 4 is 29.4 Å². The maximum absolute atomic E-state index is 10.2. The molecule has 1 aromatic heterocycles. The van der Waals surface area contributed by atoms with Gasteiger partial charge >= 0.3 is 0 Å². The molecule has 0 fully saturated rings. The molecule has 1 heterocycles. The summed E-state index contributed by atoms with van der Waals surface area (Å²) in [5.74, 6) is 0.716. The molecule has 0 unspecified atom stereocenters. The van der Waals surface area contributed by atoms with Crippen molar-refractivity contribution in [3.63, 3.8) is 0 Å². The highest BCUT2D eigenvalue weighted by atomic mass is 35.5. The number of halogens is 1. The molecule has 1 aromatic carbocycles. The van der Waals surface area contributed by atoms with Gasteiger partial charge in [0.15, 0.2) is 0 Å². The van der Waals surface area contributed by atoms with E-state index in [1.165, 1.54) is 11.3 Å². The van der Waals surface area contributed by atoms with Crippen LogP contribution in [0.3, 0.4) is 0 Å². The molecule has 0 aliphatic heterocycles. The van der Waals surface area contributed by atoms with Crippen LogP contribution >= 0.6 is 22.9 Å². The van der Waals surface area contributed by atoms with Gasteiger partial charge in [0.25, 0.3) is 6.47 Å². The monoisotopic (exact) mass is 297 g/mol. The maximum Gasteiger partial charge on any atom is 0.293 e. The van der Waals surface area contributed by atoms with Crippen LogP contribution in [0.5, 0.6) is 5.75 Å². The zero-order valence-electron chi connectivity index (χ0n) is 10.3. The average Bonchev–Trinajstić information content (AvgIpc) is 2.87. The number of benzene rings is 1. The van der Waals surface area contributed by atoms with Crippen molar-refractivity contribution in [2.45, 2.75) is 6.42 Å². The van der Waals surface area contributed by atoms with E-state index in [4.69, 9.17) is 21.1 Å². The third kappa shape index (κ3) is 3.24. The summed E-state index contributed by atoms with van der Waals surface area (Å²) in [5.41, 5.74) is 3.42. The molecule has 19 heavy (non-hydrogen) atoms. The smallest absolute Gasteiger partial charge is 0.293 e. The lowest BCUT2D eigenvalue weighted by Gasteiger charge is -2.08. The predicted octanol–water partition coefficient (Wildman–Crippen LogP) is 3.19. The number of carbonyl (C=O) groups is 1. The Morgan fingerprint density at radius 3 is 3.05 bits per heavy atom. The molecule has 0 aliphatic rings. The molecule has 0 N–H and O–H groups in total. The summed E-state index contributed by atoms with van der Waals surface area (Å²) in [7, 11) is 1.61. The predicted molar refractivity (Wildman–Crippen MR) is 74.8 cm³/mol. The fourth-order valence-electron chi connectivity index (χ4n) is 1.73. The summed E-state index contributed by atoms with van der Waals surface area (Å²) >= 11 is 7.53. The van der Waals surface area contributed by atoms with Crippen LogP contribution in [0.15, 0.2) is 23.7 Å². The second-order valence-electron chi connectivity index (χ2n) is 3.69. The molecule has 2 aromatic rings. The lowest BCUT2D eigenvalue weighted by molar-refractivity contribution is -0.128. The van der Waals surface area contributed by atoms with E-state index in [0.717, 1.165) is 16.1 Å². The first-order chi connectivity index (χ1) is 9.26. The van der Waals surface area contributed by atoms with Gasteiger partial charge in [-0.05, 0) is 18.2 Å². The number of aromatic nitrogens is 1. The fourth-order valence-corrected chi connectivity index (χ4v) is 2.67. The summed E-state index contributed by atoms with van der Waals surface area (Å²) in [6.45, 7) is 0.780. The highest BCUT2D eigenvalue weighted by Gasteiger charge is 2.14. The third-order valence-electron chi connectivity index (χ3n) is 2.57. The number of hydrogen-bond acceptors (Lipinski definition) is 5. The lowest BCUT2D eigenvalue weighted by Crippen LogP contribution is -1.97. The van der Waals surface area contributed by atoms with E-state index in [1.807, 2.05) is 12.1 Å². The molecule has 6 heteroatoms. The van der Waals surface area contributed by atoms with E-state index >= 15 is 0 Å². The van der Waals surface area contributed by atoms with Gasteiger partial charge in [0, 0.05) is 21.9 Å². The van der Waals surface area contributed by atoms with Crippen LogP contribution in [0, 0.1) is 0 Å². The van der Waals surface area contributed by atoms with Crippen molar-refractivity contribution in [2.75, 3.05) is 13.7 Å². The highest BCUT2D eigenvalue weighted by molar-refractivity contribution is 7.10. The SMILES string of the molecule is COc1ccc(Cl)cc1-c1ncsc1CCOC=O. The van der Waals surface area contributed by atoms with Crippen LogP contribution < -0.4 is 4.74 Å². The molecule has 2 rings (SSSR count). The summed E-state index contributed by atoms with van der Waals surface area (Å²) in [4.78, 5) is 15.5. The van der Waals surface area contributed by atoms with Gasteiger partial charge < -0.3 is 9.47 Å². The van der Waals surface area contributed by atoms with Gasteiger partial charge in [0.05, 0.1) is 24.9 Å². The first kappa shape index (κ1) is 13.8. The third-order valence-corrected chi connectivity index (χ3v) is 3.70. The molecule has 0 spiro atoms. The van der Waals surface area contributed by atoms with Crippen molar-refractivity contribution in [3.05, 3.63) is 33.6 Å². The van der Waals surface area contributed by atoms with Crippen LogP contribution in [-0.4, -0.2) is 25.2 Å². The van der Waals surface area contributed by atoms with Crippen LogP contribution in [0.25, 0.3) is 11.3 Å². The van der Waals surface area contributed by atoms with Gasteiger partial charge in [-0.15, -0.1) is 11.3 Å². The standard InChI is InChI=1S/C13H12ClNO3S/c1-17-11-3-2-9(14)6-10(11)13-12(19-7-15-13)4-5-18-8-16/h2-3,6-8H,4-5H2,1H3. The van der Waals surface area contributed by atoms with E-state index in [2.05, 4.69) is 4.98 Å². The Bertz CT molecular complexity index is 571. The van der Waals surface area contributed by atoms with Gasteiger partial charge in [-0.2, -0.15) is 0 Å². The Hall–Kier alpha value is -1.59. The minimum absolute atomic E-state index is 0.335. The van der Waals surface area contributed by atoms with Crippen molar-refractivity contribution in [1.82, 2.24) is 4.98 Å². The molecular weight excluding hydrogens is 286 g/mol. The molecule has 0 amide bonds. The molecule has 0 radical (unpaired) electrons. The Labute approximate surface area is 120 Å². The molecule has 100 valence electrons. The van der Waals surface area contributed by atoms with Gasteiger partial charge in [0.2, 0.25) is 0 Å². The van der Waals surface area contributed by atoms with E-state index in [1.54, 1.807) is 18.7 Å². The number of ether oxygens (including phenoxy) is 2. The number of rotatable bonds is 6. The highest BCUT2D eigenvalue weighted by Crippen LogP contribution is 2.35. The van der Waals surface area contributed by atoms with Crippen molar-refractivity contribution < 1.29 is 14.3 Å². The maximum atomic E-state index is 10.2. The summed E-state index contributed by atoms with van der Waals surface area (Å²) in [6, 6.07) is 5.40. The first-order valence-corrected chi connectivity index (χ1v) is 6.83. The molecule has 0 atom stereocenters. The van der Waals surface area contributed by atoms with Crippen LogP contribution in [0.4, 0.5) is 0 Å². The molecule has 0 saturated carbocycles. The largest absolute Gasteiger partial charge is 0.496 e. The number of thiazole rings is 1. The molecule has 4 nitrogen and oxygen atoms in total. The Morgan fingerprint density at radius 1 is 1.47 bits per heavy atom. The average molecular weight is 298 g/mol. The van der Waals surface area contributed by atoms with Crippen LogP contribution in [-0.2, 0) is 16.0 Å². The van der Waals surface area contributed by atoms with Crippen molar-refractivity contribution in [3.8, 4) is 17.0 Å². The molecular formula is C13H12ClNO3S. The number of hydrogen-bond donors (Lipinski definition) is 0. The zero-order valence-corrected chi connectivity index (χ0v) is 11.8. The van der Waals surface area contributed by atoms with Crippen LogP contribution in [0.1, 0.15) is 4.88 Å². The normalized spacial score (nSPS) is 10.2. The Morgan fingerprint density at radius 2 is 2.32 bits per heavy atom. The summed E-state index contributed by atoms with van der Waals surface area (Å²) in [5, 5.41) is 0.624. The lowest BCUT2D eigenvalue weighted by atomic mass is 10.1. The number of carbonyl (C=O) groups excluding carboxylic acids is 1. The second-order valence-corrected chi connectivity index (χ2v) is 5.06. The molecule has 0 aliphatic carbocycles. The molecule has 0 bridgehead atoms. The Kier molecular flexibility index (Phi) is 4.76.